The first kappa shape index (κ1) is 25.0. The molecule has 0 saturated heterocycles. The van der Waals surface area contributed by atoms with Gasteiger partial charge in [-0.2, -0.15) is 5.10 Å². The zero-order valence-electron chi connectivity index (χ0n) is 20.8. The lowest BCUT2D eigenvalue weighted by Crippen LogP contribution is -2.44. The van der Waals surface area contributed by atoms with Crippen molar-refractivity contribution in [3.8, 4) is 11.4 Å². The van der Waals surface area contributed by atoms with E-state index in [2.05, 4.69) is 26.1 Å². The maximum Gasteiger partial charge on any atom is 0.261 e. The topological polar surface area (TPSA) is 76.5 Å². The number of benzene rings is 2. The van der Waals surface area contributed by atoms with E-state index in [1.165, 1.54) is 4.90 Å². The quantitative estimate of drug-likeness (QED) is 0.525. The number of para-hydroxylation sites is 1. The van der Waals surface area contributed by atoms with E-state index in [0.29, 0.717) is 11.6 Å². The summed E-state index contributed by atoms with van der Waals surface area (Å²) in [5.74, 6) is 0.628. The summed E-state index contributed by atoms with van der Waals surface area (Å²) in [6, 6.07) is 18.8. The number of rotatable bonds is 8. The third kappa shape index (κ3) is 6.47. The van der Waals surface area contributed by atoms with Crippen LogP contribution in [0.2, 0.25) is 0 Å². The molecule has 0 aliphatic carbocycles. The van der Waals surface area contributed by atoms with Crippen molar-refractivity contribution in [3.63, 3.8) is 0 Å². The van der Waals surface area contributed by atoms with E-state index in [1.54, 1.807) is 16.8 Å². The summed E-state index contributed by atoms with van der Waals surface area (Å²) in [5.41, 5.74) is 2.66. The molecule has 3 aromatic rings. The number of ether oxygens (including phenoxy) is 1. The molecule has 0 aliphatic heterocycles. The first-order chi connectivity index (χ1) is 16.0. The molecule has 7 heteroatoms. The molecule has 1 aromatic heterocycles. The summed E-state index contributed by atoms with van der Waals surface area (Å²) in [5, 5.41) is 7.71. The highest BCUT2D eigenvalue weighted by Gasteiger charge is 2.24. The van der Waals surface area contributed by atoms with E-state index in [1.807, 2.05) is 69.3 Å². The van der Waals surface area contributed by atoms with Gasteiger partial charge in [-0.3, -0.25) is 9.59 Å². The Labute approximate surface area is 201 Å². The van der Waals surface area contributed by atoms with Crippen LogP contribution in [0.1, 0.15) is 45.9 Å². The van der Waals surface area contributed by atoms with Gasteiger partial charge in [0, 0.05) is 17.5 Å². The van der Waals surface area contributed by atoms with Crippen LogP contribution in [0, 0.1) is 6.92 Å². The normalized spacial score (nSPS) is 11.4. The Balaban J connectivity index is 1.75. The molecule has 1 N–H and O–H groups in total. The maximum absolute atomic E-state index is 13.0. The van der Waals surface area contributed by atoms with Gasteiger partial charge in [0.05, 0.1) is 11.4 Å². The van der Waals surface area contributed by atoms with Gasteiger partial charge in [-0.25, -0.2) is 4.68 Å². The largest absolute Gasteiger partial charge is 0.484 e. The number of aromatic nitrogens is 2. The van der Waals surface area contributed by atoms with E-state index >= 15 is 0 Å². The number of anilines is 1. The first-order valence-corrected chi connectivity index (χ1v) is 11.5. The fraction of sp³-hybridized carbons (Fsp3) is 0.370. The van der Waals surface area contributed by atoms with E-state index in [-0.39, 0.29) is 36.4 Å². The molecule has 2 amide bonds. The van der Waals surface area contributed by atoms with Gasteiger partial charge in [-0.15, -0.1) is 0 Å². The summed E-state index contributed by atoms with van der Waals surface area (Å²) in [6.45, 7) is 11.8. The molecule has 0 aliphatic rings. The Hall–Kier alpha value is -3.61. The highest BCUT2D eigenvalue weighted by Crippen LogP contribution is 2.26. The second-order valence-corrected chi connectivity index (χ2v) is 9.68. The fourth-order valence-corrected chi connectivity index (χ4v) is 3.36. The number of carbonyl (C=O) groups excluding carboxylic acids is 2. The minimum absolute atomic E-state index is 0.0847. The predicted octanol–water partition coefficient (Wildman–Crippen LogP) is 4.73. The van der Waals surface area contributed by atoms with Crippen LogP contribution >= 0.6 is 0 Å². The van der Waals surface area contributed by atoms with Gasteiger partial charge < -0.3 is 15.0 Å². The molecule has 0 unspecified atom stereocenters. The van der Waals surface area contributed by atoms with Gasteiger partial charge >= 0.3 is 0 Å². The molecule has 0 bridgehead atoms. The predicted molar refractivity (Wildman–Crippen MR) is 134 cm³/mol. The lowest BCUT2D eigenvalue weighted by atomic mass is 9.92. The van der Waals surface area contributed by atoms with Crippen molar-refractivity contribution in [2.75, 3.05) is 18.5 Å². The molecule has 3 rings (SSSR count). The van der Waals surface area contributed by atoms with Crippen molar-refractivity contribution in [3.05, 3.63) is 71.9 Å². The number of nitrogens with zero attached hydrogens (tertiary/aromatic N) is 3. The Morgan fingerprint density at radius 1 is 1.06 bits per heavy atom. The first-order valence-electron chi connectivity index (χ1n) is 11.5. The number of carbonyl (C=O) groups is 2. The Kier molecular flexibility index (Phi) is 7.76. The third-order valence-electron chi connectivity index (χ3n) is 5.39. The van der Waals surface area contributed by atoms with Gasteiger partial charge in [0.1, 0.15) is 18.1 Å². The number of nitrogens with one attached hydrogen (secondary N) is 1. The molecular weight excluding hydrogens is 428 g/mol. The lowest BCUT2D eigenvalue weighted by molar-refractivity contribution is -0.138. The smallest absolute Gasteiger partial charge is 0.261 e. The molecule has 0 saturated carbocycles. The average Bonchev–Trinajstić information content (AvgIpc) is 3.21. The van der Waals surface area contributed by atoms with Gasteiger partial charge in [-0.05, 0) is 45.0 Å². The molecule has 0 atom stereocenters. The van der Waals surface area contributed by atoms with Crippen LogP contribution in [-0.2, 0) is 15.0 Å². The monoisotopic (exact) mass is 462 g/mol. The van der Waals surface area contributed by atoms with E-state index < -0.39 is 0 Å². The van der Waals surface area contributed by atoms with Crippen LogP contribution in [0.3, 0.4) is 0 Å². The van der Waals surface area contributed by atoms with Crippen molar-refractivity contribution in [2.45, 2.75) is 53.0 Å². The van der Waals surface area contributed by atoms with Gasteiger partial charge in [0.15, 0.2) is 6.61 Å². The Bertz CT molecular complexity index is 1110. The summed E-state index contributed by atoms with van der Waals surface area (Å²) < 4.78 is 7.32. The van der Waals surface area contributed by atoms with Crippen molar-refractivity contribution in [2.24, 2.45) is 0 Å². The molecule has 34 heavy (non-hydrogen) atoms. The van der Waals surface area contributed by atoms with Crippen LogP contribution in [0.15, 0.2) is 60.7 Å². The standard InChI is InChI=1S/C27H34N4O3/c1-19(2)30(26(33)18-34-22-10-8-7-9-11-22)17-25(32)28-24-16-23(27(4,5)6)29-31(24)21-14-12-20(3)13-15-21/h7-16,19H,17-18H2,1-6H3,(H,28,32). The second kappa shape index (κ2) is 10.5. The van der Waals surface area contributed by atoms with E-state index in [9.17, 15) is 9.59 Å². The zero-order chi connectivity index (χ0) is 24.9. The molecule has 1 heterocycles. The molecule has 180 valence electrons. The van der Waals surface area contributed by atoms with E-state index in [4.69, 9.17) is 9.84 Å². The fourth-order valence-electron chi connectivity index (χ4n) is 3.36. The van der Waals surface area contributed by atoms with Crippen LogP contribution in [0.5, 0.6) is 5.75 Å². The molecule has 7 nitrogen and oxygen atoms in total. The molecule has 2 aromatic carbocycles. The number of hydrogen-bond acceptors (Lipinski definition) is 4. The van der Waals surface area contributed by atoms with E-state index in [0.717, 1.165) is 16.9 Å². The molecular formula is C27H34N4O3. The molecule has 0 fully saturated rings. The lowest BCUT2D eigenvalue weighted by Gasteiger charge is -2.26. The zero-order valence-corrected chi connectivity index (χ0v) is 20.8. The summed E-state index contributed by atoms with van der Waals surface area (Å²) in [7, 11) is 0. The Morgan fingerprint density at radius 2 is 1.71 bits per heavy atom. The van der Waals surface area contributed by atoms with Crippen molar-refractivity contribution < 1.29 is 14.3 Å². The summed E-state index contributed by atoms with van der Waals surface area (Å²) in [4.78, 5) is 27.3. The summed E-state index contributed by atoms with van der Waals surface area (Å²) >= 11 is 0. The van der Waals surface area contributed by atoms with Crippen molar-refractivity contribution in [1.29, 1.82) is 0 Å². The number of aryl methyl sites for hydroxylation is 1. The third-order valence-corrected chi connectivity index (χ3v) is 5.39. The van der Waals surface area contributed by atoms with Crippen LogP contribution < -0.4 is 10.1 Å². The number of amides is 2. The molecule has 0 radical (unpaired) electrons. The average molecular weight is 463 g/mol. The minimum Gasteiger partial charge on any atom is -0.484 e. The van der Waals surface area contributed by atoms with Gasteiger partial charge in [-0.1, -0.05) is 56.7 Å². The number of hydrogen-bond donors (Lipinski definition) is 1. The van der Waals surface area contributed by atoms with Crippen LogP contribution in [-0.4, -0.2) is 45.7 Å². The minimum atomic E-state index is -0.296. The SMILES string of the molecule is Cc1ccc(-n2nc(C(C)(C)C)cc2NC(=O)CN(C(=O)COc2ccccc2)C(C)C)cc1. The maximum atomic E-state index is 13.0. The van der Waals surface area contributed by atoms with Crippen molar-refractivity contribution in [1.82, 2.24) is 14.7 Å². The van der Waals surface area contributed by atoms with Gasteiger partial charge in [0.2, 0.25) is 5.91 Å². The van der Waals surface area contributed by atoms with Crippen LogP contribution in [0.4, 0.5) is 5.82 Å². The van der Waals surface area contributed by atoms with Crippen LogP contribution in [0.25, 0.3) is 5.69 Å². The van der Waals surface area contributed by atoms with Gasteiger partial charge in [0.25, 0.3) is 5.91 Å². The second-order valence-electron chi connectivity index (χ2n) is 9.68. The summed E-state index contributed by atoms with van der Waals surface area (Å²) in [6.07, 6.45) is 0. The highest BCUT2D eigenvalue weighted by atomic mass is 16.5. The molecule has 0 spiro atoms. The Morgan fingerprint density at radius 3 is 2.29 bits per heavy atom. The highest BCUT2D eigenvalue weighted by molar-refractivity contribution is 5.94. The van der Waals surface area contributed by atoms with Crippen molar-refractivity contribution >= 4 is 17.6 Å².